The Kier molecular flexibility index (Phi) is 3.79. The molecule has 1 nitrogen and oxygen atoms in total. The molecule has 100 valence electrons. The monoisotopic (exact) mass is 317 g/mol. The van der Waals surface area contributed by atoms with Crippen molar-refractivity contribution in [2.24, 2.45) is 5.92 Å². The second-order valence-electron chi connectivity index (χ2n) is 5.81. The lowest BCUT2D eigenvalue weighted by atomic mass is 9.87. The summed E-state index contributed by atoms with van der Waals surface area (Å²) in [7, 11) is 0. The minimum absolute atomic E-state index is 0.657. The topological polar surface area (TPSA) is 12.0 Å². The molecule has 0 radical (unpaired) electrons. The SMILES string of the molecule is CC1CCC(Nc2ccc3cc(Br)ccc3c2)CC1. The third kappa shape index (κ3) is 3.11. The summed E-state index contributed by atoms with van der Waals surface area (Å²) in [5.41, 5.74) is 1.26. The van der Waals surface area contributed by atoms with Crippen molar-refractivity contribution in [1.82, 2.24) is 0 Å². The van der Waals surface area contributed by atoms with Gasteiger partial charge in [0.05, 0.1) is 0 Å². The van der Waals surface area contributed by atoms with Gasteiger partial charge in [-0.05, 0) is 66.6 Å². The molecule has 0 unspecified atom stereocenters. The lowest BCUT2D eigenvalue weighted by molar-refractivity contribution is 0.361. The minimum Gasteiger partial charge on any atom is -0.382 e. The highest BCUT2D eigenvalue weighted by molar-refractivity contribution is 9.10. The van der Waals surface area contributed by atoms with Crippen LogP contribution < -0.4 is 5.32 Å². The van der Waals surface area contributed by atoms with Crippen molar-refractivity contribution in [3.63, 3.8) is 0 Å². The van der Waals surface area contributed by atoms with Crippen LogP contribution in [0.15, 0.2) is 40.9 Å². The van der Waals surface area contributed by atoms with Gasteiger partial charge in [-0.3, -0.25) is 0 Å². The van der Waals surface area contributed by atoms with Gasteiger partial charge in [-0.2, -0.15) is 0 Å². The van der Waals surface area contributed by atoms with Crippen LogP contribution in [0.5, 0.6) is 0 Å². The standard InChI is InChI=1S/C17H20BrN/c1-12-2-7-16(8-3-12)19-17-9-5-13-10-15(18)6-4-14(13)11-17/h4-6,9-12,16,19H,2-3,7-8H2,1H3. The van der Waals surface area contributed by atoms with E-state index in [1.165, 1.54) is 42.1 Å². The molecule has 3 rings (SSSR count). The Labute approximate surface area is 123 Å². The van der Waals surface area contributed by atoms with Gasteiger partial charge in [-0.15, -0.1) is 0 Å². The zero-order valence-electron chi connectivity index (χ0n) is 11.3. The average molecular weight is 318 g/mol. The summed E-state index contributed by atoms with van der Waals surface area (Å²) in [5, 5.41) is 6.29. The van der Waals surface area contributed by atoms with Gasteiger partial charge in [0.2, 0.25) is 0 Å². The predicted molar refractivity (Wildman–Crippen MR) is 86.7 cm³/mol. The lowest BCUT2D eigenvalue weighted by Gasteiger charge is -2.27. The molecule has 2 heteroatoms. The van der Waals surface area contributed by atoms with Gasteiger partial charge in [0.25, 0.3) is 0 Å². The van der Waals surface area contributed by atoms with E-state index >= 15 is 0 Å². The number of nitrogens with one attached hydrogen (secondary N) is 1. The molecule has 1 N–H and O–H groups in total. The van der Waals surface area contributed by atoms with Gasteiger partial charge in [0.15, 0.2) is 0 Å². The van der Waals surface area contributed by atoms with Crippen LogP contribution >= 0.6 is 15.9 Å². The van der Waals surface area contributed by atoms with Gasteiger partial charge >= 0.3 is 0 Å². The fourth-order valence-corrected chi connectivity index (χ4v) is 3.33. The van der Waals surface area contributed by atoms with Crippen molar-refractivity contribution < 1.29 is 0 Å². The first kappa shape index (κ1) is 13.0. The Bertz CT molecular complexity index is 570. The molecule has 1 aliphatic carbocycles. The zero-order chi connectivity index (χ0) is 13.2. The van der Waals surface area contributed by atoms with Gasteiger partial charge in [0.1, 0.15) is 0 Å². The maximum atomic E-state index is 3.70. The quantitative estimate of drug-likeness (QED) is 0.761. The summed E-state index contributed by atoms with van der Waals surface area (Å²) in [5.74, 6) is 0.909. The average Bonchev–Trinajstić information content (AvgIpc) is 2.42. The molecule has 0 bridgehead atoms. The van der Waals surface area contributed by atoms with E-state index in [4.69, 9.17) is 0 Å². The van der Waals surface area contributed by atoms with Crippen LogP contribution in [-0.2, 0) is 0 Å². The number of hydrogen-bond donors (Lipinski definition) is 1. The molecule has 19 heavy (non-hydrogen) atoms. The predicted octanol–water partition coefficient (Wildman–Crippen LogP) is 5.59. The molecular weight excluding hydrogens is 298 g/mol. The molecule has 0 atom stereocenters. The number of hydrogen-bond acceptors (Lipinski definition) is 1. The third-order valence-corrected chi connectivity index (χ3v) is 4.68. The Morgan fingerprint density at radius 3 is 2.42 bits per heavy atom. The Hall–Kier alpha value is -1.02. The second-order valence-corrected chi connectivity index (χ2v) is 6.72. The van der Waals surface area contributed by atoms with Crippen molar-refractivity contribution in [3.8, 4) is 0 Å². The van der Waals surface area contributed by atoms with Crippen LogP contribution in [0, 0.1) is 5.92 Å². The van der Waals surface area contributed by atoms with E-state index in [2.05, 4.69) is 64.6 Å². The van der Waals surface area contributed by atoms with Crippen LogP contribution in [0.4, 0.5) is 5.69 Å². The molecule has 1 aliphatic rings. The number of anilines is 1. The van der Waals surface area contributed by atoms with Gasteiger partial charge in [-0.1, -0.05) is 35.0 Å². The number of rotatable bonds is 2. The fraction of sp³-hybridized carbons (Fsp3) is 0.412. The van der Waals surface area contributed by atoms with E-state index < -0.39 is 0 Å². The third-order valence-electron chi connectivity index (χ3n) is 4.19. The maximum Gasteiger partial charge on any atom is 0.0348 e. The molecule has 2 aromatic rings. The second kappa shape index (κ2) is 5.54. The van der Waals surface area contributed by atoms with Crippen molar-refractivity contribution in [2.75, 3.05) is 5.32 Å². The first-order valence-corrected chi connectivity index (χ1v) is 7.96. The molecule has 0 amide bonds. The Balaban J connectivity index is 1.76. The van der Waals surface area contributed by atoms with E-state index in [1.807, 2.05) is 0 Å². The molecule has 0 spiro atoms. The highest BCUT2D eigenvalue weighted by atomic mass is 79.9. The zero-order valence-corrected chi connectivity index (χ0v) is 12.9. The largest absolute Gasteiger partial charge is 0.382 e. The Morgan fingerprint density at radius 2 is 1.63 bits per heavy atom. The summed E-state index contributed by atoms with van der Waals surface area (Å²) in [6.45, 7) is 2.37. The maximum absolute atomic E-state index is 3.70. The molecule has 0 aliphatic heterocycles. The van der Waals surface area contributed by atoms with E-state index in [1.54, 1.807) is 0 Å². The van der Waals surface area contributed by atoms with Crippen molar-refractivity contribution in [1.29, 1.82) is 0 Å². The summed E-state index contributed by atoms with van der Waals surface area (Å²) in [6.07, 6.45) is 5.33. The van der Waals surface area contributed by atoms with Crippen molar-refractivity contribution >= 4 is 32.4 Å². The molecule has 0 saturated heterocycles. The van der Waals surface area contributed by atoms with E-state index in [0.717, 1.165) is 10.4 Å². The van der Waals surface area contributed by atoms with Crippen LogP contribution in [0.3, 0.4) is 0 Å². The van der Waals surface area contributed by atoms with Gasteiger partial charge in [0, 0.05) is 16.2 Å². The minimum atomic E-state index is 0.657. The molecule has 0 heterocycles. The van der Waals surface area contributed by atoms with Crippen molar-refractivity contribution in [3.05, 3.63) is 40.9 Å². The van der Waals surface area contributed by atoms with Crippen LogP contribution in [0.2, 0.25) is 0 Å². The number of benzene rings is 2. The summed E-state index contributed by atoms with van der Waals surface area (Å²) >= 11 is 3.52. The van der Waals surface area contributed by atoms with Crippen LogP contribution in [-0.4, -0.2) is 6.04 Å². The number of halogens is 1. The fourth-order valence-electron chi connectivity index (χ4n) is 2.95. The first-order valence-electron chi connectivity index (χ1n) is 7.16. The highest BCUT2D eigenvalue weighted by Gasteiger charge is 2.17. The molecular formula is C17H20BrN. The first-order chi connectivity index (χ1) is 9.20. The molecule has 2 aromatic carbocycles. The summed E-state index contributed by atoms with van der Waals surface area (Å²) in [4.78, 5) is 0. The Morgan fingerprint density at radius 1 is 0.947 bits per heavy atom. The van der Waals surface area contributed by atoms with Gasteiger partial charge < -0.3 is 5.32 Å². The summed E-state index contributed by atoms with van der Waals surface area (Å²) in [6, 6.07) is 13.8. The highest BCUT2D eigenvalue weighted by Crippen LogP contribution is 2.28. The van der Waals surface area contributed by atoms with Crippen LogP contribution in [0.1, 0.15) is 32.6 Å². The lowest BCUT2D eigenvalue weighted by Crippen LogP contribution is -2.25. The van der Waals surface area contributed by atoms with Crippen LogP contribution in [0.25, 0.3) is 10.8 Å². The molecule has 1 saturated carbocycles. The van der Waals surface area contributed by atoms with Crippen molar-refractivity contribution in [2.45, 2.75) is 38.6 Å². The molecule has 1 fully saturated rings. The van der Waals surface area contributed by atoms with Gasteiger partial charge in [-0.25, -0.2) is 0 Å². The van der Waals surface area contributed by atoms with E-state index in [9.17, 15) is 0 Å². The normalized spacial score (nSPS) is 23.5. The summed E-state index contributed by atoms with van der Waals surface area (Å²) < 4.78 is 1.14. The molecule has 0 aromatic heterocycles. The number of fused-ring (bicyclic) bond motifs is 1. The smallest absolute Gasteiger partial charge is 0.0348 e. The van der Waals surface area contributed by atoms with E-state index in [0.29, 0.717) is 6.04 Å². The van der Waals surface area contributed by atoms with E-state index in [-0.39, 0.29) is 0 Å².